The van der Waals surface area contributed by atoms with Crippen molar-refractivity contribution < 1.29 is 14.3 Å². The second-order valence-corrected chi connectivity index (χ2v) is 7.77. The summed E-state index contributed by atoms with van der Waals surface area (Å²) in [7, 11) is 0. The van der Waals surface area contributed by atoms with Gasteiger partial charge in [-0.3, -0.25) is 9.69 Å². The minimum Gasteiger partial charge on any atom is -0.490 e. The fourth-order valence-electron chi connectivity index (χ4n) is 2.91. The molecule has 2 rings (SSSR count). The molecule has 0 saturated heterocycles. The maximum absolute atomic E-state index is 12.5. The van der Waals surface area contributed by atoms with Crippen molar-refractivity contribution >= 4 is 23.2 Å². The first kappa shape index (κ1) is 19.9. The summed E-state index contributed by atoms with van der Waals surface area (Å²) in [5.74, 6) is 2.19. The quantitative estimate of drug-likeness (QED) is 0.788. The summed E-state index contributed by atoms with van der Waals surface area (Å²) >= 11 is 6.30. The first-order valence-electron chi connectivity index (χ1n) is 8.96. The molecule has 0 unspecified atom stereocenters. The second kappa shape index (κ2) is 9.30. The van der Waals surface area contributed by atoms with E-state index in [2.05, 4.69) is 37.9 Å². The number of halogens is 1. The van der Waals surface area contributed by atoms with Gasteiger partial charge in [0.15, 0.2) is 11.5 Å². The lowest BCUT2D eigenvalue weighted by atomic mass is 10.1. The molecule has 1 N–H and O–H groups in total. The second-order valence-electron chi connectivity index (χ2n) is 7.36. The van der Waals surface area contributed by atoms with Crippen molar-refractivity contribution in [2.75, 3.05) is 38.2 Å². The van der Waals surface area contributed by atoms with Crippen LogP contribution in [0.1, 0.15) is 34.1 Å². The van der Waals surface area contributed by atoms with Crippen LogP contribution in [-0.2, 0) is 4.79 Å². The Morgan fingerprint density at radius 2 is 1.68 bits per heavy atom. The van der Waals surface area contributed by atoms with Gasteiger partial charge in [0.25, 0.3) is 0 Å². The third-order valence-electron chi connectivity index (χ3n) is 3.73. The molecule has 0 bridgehead atoms. The molecule has 1 heterocycles. The molecule has 1 aliphatic rings. The number of amides is 1. The van der Waals surface area contributed by atoms with E-state index in [1.165, 1.54) is 0 Å². The molecule has 25 heavy (non-hydrogen) atoms. The smallest absolute Gasteiger partial charge is 0.238 e. The van der Waals surface area contributed by atoms with E-state index in [4.69, 9.17) is 21.1 Å². The molecule has 6 heteroatoms. The van der Waals surface area contributed by atoms with Crippen molar-refractivity contribution in [1.29, 1.82) is 0 Å². The number of fused-ring (bicyclic) bond motifs is 1. The van der Waals surface area contributed by atoms with Gasteiger partial charge in [-0.15, -0.1) is 0 Å². The van der Waals surface area contributed by atoms with E-state index in [0.717, 1.165) is 19.5 Å². The fraction of sp³-hybridized carbons (Fsp3) is 0.632. The molecule has 0 atom stereocenters. The average molecular weight is 369 g/mol. The number of carbonyl (C=O) groups excluding carboxylic acids is 1. The van der Waals surface area contributed by atoms with Crippen molar-refractivity contribution in [2.24, 2.45) is 11.8 Å². The van der Waals surface area contributed by atoms with Gasteiger partial charge in [-0.2, -0.15) is 0 Å². The van der Waals surface area contributed by atoms with E-state index in [-0.39, 0.29) is 5.91 Å². The topological polar surface area (TPSA) is 50.8 Å². The van der Waals surface area contributed by atoms with Crippen LogP contribution in [0.15, 0.2) is 12.1 Å². The third-order valence-corrected chi connectivity index (χ3v) is 4.04. The molecule has 0 radical (unpaired) electrons. The highest BCUT2D eigenvalue weighted by Crippen LogP contribution is 2.37. The number of nitrogens with one attached hydrogen (secondary N) is 1. The Morgan fingerprint density at radius 3 is 2.24 bits per heavy atom. The van der Waals surface area contributed by atoms with E-state index in [9.17, 15) is 4.79 Å². The maximum atomic E-state index is 12.5. The van der Waals surface area contributed by atoms with Crippen LogP contribution in [0.5, 0.6) is 11.5 Å². The summed E-state index contributed by atoms with van der Waals surface area (Å²) < 4.78 is 11.3. The Kier molecular flexibility index (Phi) is 7.38. The van der Waals surface area contributed by atoms with Crippen LogP contribution in [0.4, 0.5) is 5.69 Å². The highest BCUT2D eigenvalue weighted by atomic mass is 35.5. The Hall–Kier alpha value is -1.46. The normalized spacial score (nSPS) is 14.1. The van der Waals surface area contributed by atoms with Gasteiger partial charge < -0.3 is 14.8 Å². The van der Waals surface area contributed by atoms with Crippen molar-refractivity contribution in [3.8, 4) is 11.5 Å². The molecule has 0 fully saturated rings. The van der Waals surface area contributed by atoms with Gasteiger partial charge in [-0.05, 0) is 11.8 Å². The largest absolute Gasteiger partial charge is 0.490 e. The van der Waals surface area contributed by atoms with Gasteiger partial charge in [0.05, 0.1) is 30.5 Å². The van der Waals surface area contributed by atoms with E-state index in [0.29, 0.717) is 53.8 Å². The first-order chi connectivity index (χ1) is 11.8. The molecule has 1 aliphatic heterocycles. The summed E-state index contributed by atoms with van der Waals surface area (Å²) in [6, 6.07) is 3.45. The van der Waals surface area contributed by atoms with Gasteiger partial charge in [0.1, 0.15) is 0 Å². The molecular formula is C19H29ClN2O3. The SMILES string of the molecule is CC(C)CN(CC(=O)Nc1cc2c(cc1Cl)OCCCO2)CC(C)C. The number of carbonyl (C=O) groups is 1. The molecular weight excluding hydrogens is 340 g/mol. The van der Waals surface area contributed by atoms with Gasteiger partial charge in [0, 0.05) is 31.6 Å². The molecule has 5 nitrogen and oxygen atoms in total. The van der Waals surface area contributed by atoms with Crippen LogP contribution < -0.4 is 14.8 Å². The highest BCUT2D eigenvalue weighted by Gasteiger charge is 2.18. The van der Waals surface area contributed by atoms with Crippen molar-refractivity contribution in [3.63, 3.8) is 0 Å². The van der Waals surface area contributed by atoms with Crippen LogP contribution in [0, 0.1) is 11.8 Å². The van der Waals surface area contributed by atoms with Crippen LogP contribution in [0.3, 0.4) is 0 Å². The summed E-state index contributed by atoms with van der Waals surface area (Å²) in [5.41, 5.74) is 0.560. The zero-order valence-corrected chi connectivity index (χ0v) is 16.4. The number of ether oxygens (including phenoxy) is 2. The zero-order valence-electron chi connectivity index (χ0n) is 15.6. The lowest BCUT2D eigenvalue weighted by Crippen LogP contribution is -2.38. The van der Waals surface area contributed by atoms with Gasteiger partial charge in [0.2, 0.25) is 5.91 Å². The predicted molar refractivity (Wildman–Crippen MR) is 102 cm³/mol. The minimum atomic E-state index is -0.0716. The van der Waals surface area contributed by atoms with E-state index in [1.807, 2.05) is 0 Å². The van der Waals surface area contributed by atoms with E-state index in [1.54, 1.807) is 12.1 Å². The van der Waals surface area contributed by atoms with Crippen molar-refractivity contribution in [2.45, 2.75) is 34.1 Å². The zero-order chi connectivity index (χ0) is 18.4. The number of anilines is 1. The number of rotatable bonds is 7. The maximum Gasteiger partial charge on any atom is 0.238 e. The summed E-state index contributed by atoms with van der Waals surface area (Å²) in [4.78, 5) is 14.7. The van der Waals surface area contributed by atoms with E-state index < -0.39 is 0 Å². The van der Waals surface area contributed by atoms with Crippen LogP contribution in [-0.4, -0.2) is 43.7 Å². The summed E-state index contributed by atoms with van der Waals surface area (Å²) in [5, 5.41) is 3.37. The molecule has 1 aromatic rings. The highest BCUT2D eigenvalue weighted by molar-refractivity contribution is 6.34. The molecule has 0 aliphatic carbocycles. The van der Waals surface area contributed by atoms with E-state index >= 15 is 0 Å². The standard InChI is InChI=1S/C19H29ClN2O3/c1-13(2)10-22(11-14(3)4)12-19(23)21-16-9-18-17(8-15(16)20)24-6-5-7-25-18/h8-9,13-14H,5-7,10-12H2,1-4H3,(H,21,23). The lowest BCUT2D eigenvalue weighted by Gasteiger charge is -2.25. The first-order valence-corrected chi connectivity index (χ1v) is 9.34. The third kappa shape index (κ3) is 6.40. The number of hydrogen-bond acceptors (Lipinski definition) is 4. The molecule has 0 spiro atoms. The lowest BCUT2D eigenvalue weighted by molar-refractivity contribution is -0.117. The average Bonchev–Trinajstić information content (AvgIpc) is 2.71. The van der Waals surface area contributed by atoms with Crippen LogP contribution >= 0.6 is 11.6 Å². The van der Waals surface area contributed by atoms with Crippen LogP contribution in [0.25, 0.3) is 0 Å². The molecule has 140 valence electrons. The minimum absolute atomic E-state index is 0.0716. The molecule has 0 saturated carbocycles. The molecule has 0 aromatic heterocycles. The predicted octanol–water partition coefficient (Wildman–Crippen LogP) is 4.05. The summed E-state index contributed by atoms with van der Waals surface area (Å²) in [6.07, 6.45) is 0.827. The molecule has 1 amide bonds. The van der Waals surface area contributed by atoms with Crippen LogP contribution in [0.2, 0.25) is 5.02 Å². The monoisotopic (exact) mass is 368 g/mol. The Labute approximate surface area is 155 Å². The number of hydrogen-bond donors (Lipinski definition) is 1. The number of benzene rings is 1. The van der Waals surface area contributed by atoms with Gasteiger partial charge in [-0.25, -0.2) is 0 Å². The van der Waals surface area contributed by atoms with Crippen molar-refractivity contribution in [3.05, 3.63) is 17.2 Å². The molecule has 1 aromatic carbocycles. The van der Waals surface area contributed by atoms with Gasteiger partial charge in [-0.1, -0.05) is 39.3 Å². The summed E-state index contributed by atoms with van der Waals surface area (Å²) in [6.45, 7) is 12.0. The Morgan fingerprint density at radius 1 is 1.12 bits per heavy atom. The fourth-order valence-corrected chi connectivity index (χ4v) is 3.11. The van der Waals surface area contributed by atoms with Crippen molar-refractivity contribution in [1.82, 2.24) is 4.90 Å². The Balaban J connectivity index is 2.04. The van der Waals surface area contributed by atoms with Gasteiger partial charge >= 0.3 is 0 Å². The number of nitrogens with zero attached hydrogens (tertiary/aromatic N) is 1. The Bertz CT molecular complexity index is 580.